The first kappa shape index (κ1) is 18.1. The van der Waals surface area contributed by atoms with Crippen LogP contribution in [-0.4, -0.2) is 15.8 Å². The number of carbonyl (C=O) groups excluding carboxylic acids is 1. The van der Waals surface area contributed by atoms with E-state index < -0.39 is 27.2 Å². The van der Waals surface area contributed by atoms with Gasteiger partial charge in [0.1, 0.15) is 11.3 Å². The summed E-state index contributed by atoms with van der Waals surface area (Å²) in [6, 6.07) is 8.76. The highest BCUT2D eigenvalue weighted by Gasteiger charge is 2.26. The van der Waals surface area contributed by atoms with E-state index >= 15 is 0 Å². The zero-order valence-electron chi connectivity index (χ0n) is 13.9. The van der Waals surface area contributed by atoms with E-state index in [2.05, 4.69) is 0 Å². The molecule has 2 rings (SSSR count). The van der Waals surface area contributed by atoms with Crippen molar-refractivity contribution in [2.24, 2.45) is 0 Å². The molecule has 130 valence electrons. The second-order valence-corrected chi connectivity index (χ2v) is 5.77. The number of carbonyl (C=O) groups is 1. The summed E-state index contributed by atoms with van der Waals surface area (Å²) in [5.74, 6) is -0.337. The molecule has 0 saturated carbocycles. The zero-order chi connectivity index (χ0) is 18.7. The fourth-order valence-electron chi connectivity index (χ4n) is 2.27. The average molecular weight is 344 g/mol. The van der Waals surface area contributed by atoms with Gasteiger partial charge in [-0.3, -0.25) is 20.2 Å². The number of nitrogens with zero attached hydrogens (tertiary/aromatic N) is 2. The van der Waals surface area contributed by atoms with Crippen molar-refractivity contribution in [3.8, 4) is 5.75 Å². The molecule has 0 saturated heterocycles. The van der Waals surface area contributed by atoms with Crippen molar-refractivity contribution in [3.05, 3.63) is 73.3 Å². The number of ether oxygens (including phenoxy) is 1. The Balaban J connectivity index is 2.35. The predicted octanol–water partition coefficient (Wildman–Crippen LogP) is 4.15. The summed E-state index contributed by atoms with van der Waals surface area (Å²) in [6.07, 6.45) is 0. The van der Waals surface area contributed by atoms with Crippen molar-refractivity contribution >= 4 is 17.3 Å². The fourth-order valence-corrected chi connectivity index (χ4v) is 2.27. The quantitative estimate of drug-likeness (QED) is 0.348. The van der Waals surface area contributed by atoms with Crippen molar-refractivity contribution in [2.45, 2.75) is 26.7 Å². The van der Waals surface area contributed by atoms with Gasteiger partial charge in [-0.05, 0) is 30.5 Å². The summed E-state index contributed by atoms with van der Waals surface area (Å²) < 4.78 is 5.16. The maximum absolute atomic E-state index is 12.2. The maximum Gasteiger partial charge on any atom is 0.344 e. The van der Waals surface area contributed by atoms with E-state index in [1.807, 2.05) is 13.8 Å². The minimum atomic E-state index is -0.900. The van der Waals surface area contributed by atoms with Crippen LogP contribution in [0.15, 0.2) is 36.4 Å². The Morgan fingerprint density at radius 2 is 1.48 bits per heavy atom. The number of nitro benzene ring substituents is 2. The molecule has 2 aromatic carbocycles. The molecule has 2 aromatic rings. The summed E-state index contributed by atoms with van der Waals surface area (Å²) in [7, 11) is 0. The minimum absolute atomic E-state index is 0.118. The number of hydrogen-bond donors (Lipinski definition) is 0. The number of nitro groups is 2. The standard InChI is InChI=1S/C17H16N2O6/c1-10(2)12-4-6-14(7-5-12)25-17(20)13-8-15(18(21)22)11(3)16(9-13)19(23)24/h4-10H,1-3H3. The topological polar surface area (TPSA) is 113 Å². The van der Waals surface area contributed by atoms with Crippen LogP contribution in [0.25, 0.3) is 0 Å². The Kier molecular flexibility index (Phi) is 5.11. The largest absolute Gasteiger partial charge is 0.423 e. The molecule has 0 amide bonds. The van der Waals surface area contributed by atoms with Crippen LogP contribution in [0, 0.1) is 27.2 Å². The maximum atomic E-state index is 12.2. The molecule has 0 radical (unpaired) electrons. The molecule has 0 bridgehead atoms. The van der Waals surface area contributed by atoms with Gasteiger partial charge in [-0.2, -0.15) is 0 Å². The van der Waals surface area contributed by atoms with Gasteiger partial charge in [0.15, 0.2) is 0 Å². The molecule has 0 unspecified atom stereocenters. The van der Waals surface area contributed by atoms with Gasteiger partial charge in [0.25, 0.3) is 11.4 Å². The lowest BCUT2D eigenvalue weighted by molar-refractivity contribution is -0.395. The molecule has 0 N–H and O–H groups in total. The number of esters is 1. The van der Waals surface area contributed by atoms with Crippen LogP contribution >= 0.6 is 0 Å². The summed E-state index contributed by atoms with van der Waals surface area (Å²) in [4.78, 5) is 32.8. The van der Waals surface area contributed by atoms with E-state index in [-0.39, 0.29) is 16.9 Å². The second kappa shape index (κ2) is 7.08. The molecule has 25 heavy (non-hydrogen) atoms. The number of hydrogen-bond acceptors (Lipinski definition) is 6. The Morgan fingerprint density at radius 3 is 1.88 bits per heavy atom. The van der Waals surface area contributed by atoms with Crippen LogP contribution in [0.3, 0.4) is 0 Å². The van der Waals surface area contributed by atoms with Crippen molar-refractivity contribution < 1.29 is 19.4 Å². The average Bonchev–Trinajstić information content (AvgIpc) is 2.54. The van der Waals surface area contributed by atoms with Gasteiger partial charge in [0.05, 0.1) is 15.4 Å². The van der Waals surface area contributed by atoms with Gasteiger partial charge in [0.2, 0.25) is 0 Å². The Labute approximate surface area is 143 Å². The molecule has 0 heterocycles. The monoisotopic (exact) mass is 344 g/mol. The lowest BCUT2D eigenvalue weighted by atomic mass is 10.0. The highest BCUT2D eigenvalue weighted by atomic mass is 16.6. The number of rotatable bonds is 5. The van der Waals surface area contributed by atoms with Gasteiger partial charge in [-0.1, -0.05) is 26.0 Å². The Hall–Kier alpha value is -3.29. The van der Waals surface area contributed by atoms with Gasteiger partial charge in [-0.25, -0.2) is 4.79 Å². The molecule has 0 atom stereocenters. The summed E-state index contributed by atoms with van der Waals surface area (Å²) in [5.41, 5.74) is -0.321. The SMILES string of the molecule is Cc1c([N+](=O)[O-])cc(C(=O)Oc2ccc(C(C)C)cc2)cc1[N+](=O)[O-]. The van der Waals surface area contributed by atoms with Crippen LogP contribution < -0.4 is 4.74 Å². The third kappa shape index (κ3) is 3.97. The summed E-state index contributed by atoms with van der Waals surface area (Å²) in [6.45, 7) is 5.30. The van der Waals surface area contributed by atoms with E-state index in [1.165, 1.54) is 6.92 Å². The van der Waals surface area contributed by atoms with Crippen LogP contribution in [0.5, 0.6) is 5.75 Å². The van der Waals surface area contributed by atoms with Crippen molar-refractivity contribution in [2.75, 3.05) is 0 Å². The van der Waals surface area contributed by atoms with E-state index in [4.69, 9.17) is 4.74 Å². The van der Waals surface area contributed by atoms with Crippen molar-refractivity contribution in [1.29, 1.82) is 0 Å². The molecule has 0 aliphatic heterocycles. The third-order valence-corrected chi connectivity index (χ3v) is 3.74. The lowest BCUT2D eigenvalue weighted by Crippen LogP contribution is -2.10. The second-order valence-electron chi connectivity index (χ2n) is 5.77. The summed E-state index contributed by atoms with van der Waals surface area (Å²) in [5, 5.41) is 22.1. The molecule has 0 aliphatic carbocycles. The first-order valence-corrected chi connectivity index (χ1v) is 7.46. The fraction of sp³-hybridized carbons (Fsp3) is 0.235. The highest BCUT2D eigenvalue weighted by molar-refractivity contribution is 5.93. The van der Waals surface area contributed by atoms with E-state index in [1.54, 1.807) is 24.3 Å². The highest BCUT2D eigenvalue weighted by Crippen LogP contribution is 2.30. The van der Waals surface area contributed by atoms with E-state index in [0.717, 1.165) is 17.7 Å². The summed E-state index contributed by atoms with van der Waals surface area (Å²) >= 11 is 0. The van der Waals surface area contributed by atoms with Gasteiger partial charge < -0.3 is 4.74 Å². The van der Waals surface area contributed by atoms with Crippen LogP contribution in [0.2, 0.25) is 0 Å². The van der Waals surface area contributed by atoms with Crippen molar-refractivity contribution in [3.63, 3.8) is 0 Å². The first-order chi connectivity index (χ1) is 11.7. The van der Waals surface area contributed by atoms with Crippen molar-refractivity contribution in [1.82, 2.24) is 0 Å². The Morgan fingerprint density at radius 1 is 1.00 bits per heavy atom. The lowest BCUT2D eigenvalue weighted by Gasteiger charge is -2.08. The Bertz CT molecular complexity index is 808. The smallest absolute Gasteiger partial charge is 0.344 e. The third-order valence-electron chi connectivity index (χ3n) is 3.74. The van der Waals surface area contributed by atoms with Gasteiger partial charge in [-0.15, -0.1) is 0 Å². The van der Waals surface area contributed by atoms with Gasteiger partial charge in [0, 0.05) is 12.1 Å². The molecule has 0 aromatic heterocycles. The zero-order valence-corrected chi connectivity index (χ0v) is 13.9. The predicted molar refractivity (Wildman–Crippen MR) is 90.0 cm³/mol. The van der Waals surface area contributed by atoms with E-state index in [9.17, 15) is 25.0 Å². The molecule has 8 nitrogen and oxygen atoms in total. The molecule has 8 heteroatoms. The molecule has 0 fully saturated rings. The van der Waals surface area contributed by atoms with Gasteiger partial charge >= 0.3 is 5.97 Å². The minimum Gasteiger partial charge on any atom is -0.423 e. The van der Waals surface area contributed by atoms with Crippen LogP contribution in [-0.2, 0) is 0 Å². The molecular formula is C17H16N2O6. The first-order valence-electron chi connectivity index (χ1n) is 7.46. The van der Waals surface area contributed by atoms with Crippen LogP contribution in [0.1, 0.15) is 41.3 Å². The number of benzene rings is 2. The van der Waals surface area contributed by atoms with Crippen LogP contribution in [0.4, 0.5) is 11.4 Å². The molecule has 0 aliphatic rings. The molecule has 0 spiro atoms. The normalized spacial score (nSPS) is 10.6. The molecular weight excluding hydrogens is 328 g/mol. The van der Waals surface area contributed by atoms with E-state index in [0.29, 0.717) is 5.92 Å².